The van der Waals surface area contributed by atoms with Gasteiger partial charge in [-0.15, -0.1) is 0 Å². The minimum Gasteiger partial charge on any atom is -0.497 e. The maximum absolute atomic E-state index is 14.4. The van der Waals surface area contributed by atoms with E-state index in [4.69, 9.17) is 14.2 Å². The van der Waals surface area contributed by atoms with Gasteiger partial charge in [-0.3, -0.25) is 9.69 Å². The monoisotopic (exact) mass is 690 g/mol. The topological polar surface area (TPSA) is 150 Å². The number of carboxylic acids is 1. The minimum absolute atomic E-state index is 0.118. The molecule has 270 valence electrons. The van der Waals surface area contributed by atoms with Gasteiger partial charge in [0.15, 0.2) is 0 Å². The van der Waals surface area contributed by atoms with E-state index in [0.29, 0.717) is 49.1 Å². The molecule has 12 nitrogen and oxygen atoms in total. The number of aromatic carboxylic acids is 1. The highest BCUT2D eigenvalue weighted by molar-refractivity contribution is 6.02. The molecule has 3 amide bonds. The second-order valence-corrected chi connectivity index (χ2v) is 13.0. The van der Waals surface area contributed by atoms with Gasteiger partial charge >= 0.3 is 12.0 Å². The summed E-state index contributed by atoms with van der Waals surface area (Å²) in [6, 6.07) is 17.8. The SMILES string of the molecule is COc1ccc(NC(=O)Nc2ccc3c(c2)C(=O)N([C@@H](C)CO)C[C@@H](C)[C@@H](CN(C)Cc2ccc(C(=O)O)cc2)OCCCC[C@@H](C)O3)cc1. The van der Waals surface area contributed by atoms with E-state index in [1.165, 1.54) is 0 Å². The van der Waals surface area contributed by atoms with E-state index in [2.05, 4.69) is 15.5 Å². The molecule has 0 aliphatic carbocycles. The van der Waals surface area contributed by atoms with Crippen LogP contribution < -0.4 is 20.1 Å². The number of aliphatic hydroxyl groups excluding tert-OH is 1. The normalized spacial score (nSPS) is 19.5. The van der Waals surface area contributed by atoms with Crippen molar-refractivity contribution >= 4 is 29.3 Å². The van der Waals surface area contributed by atoms with E-state index in [0.717, 1.165) is 24.8 Å². The molecular weight excluding hydrogens is 640 g/mol. The van der Waals surface area contributed by atoms with Crippen molar-refractivity contribution in [1.82, 2.24) is 9.80 Å². The fourth-order valence-corrected chi connectivity index (χ4v) is 5.87. The summed E-state index contributed by atoms with van der Waals surface area (Å²) in [5.74, 6) is -0.338. The Bertz CT molecular complexity index is 1570. The number of nitrogens with one attached hydrogen (secondary N) is 2. The van der Waals surface area contributed by atoms with Crippen LogP contribution in [0.5, 0.6) is 11.5 Å². The van der Waals surface area contributed by atoms with Crippen LogP contribution in [-0.4, -0.2) is 96.6 Å². The number of methoxy groups -OCH3 is 1. The Labute approximate surface area is 294 Å². The lowest BCUT2D eigenvalue weighted by molar-refractivity contribution is -0.0177. The molecule has 0 aromatic heterocycles. The van der Waals surface area contributed by atoms with Crippen LogP contribution in [0.3, 0.4) is 0 Å². The van der Waals surface area contributed by atoms with Crippen LogP contribution in [-0.2, 0) is 11.3 Å². The van der Waals surface area contributed by atoms with Crippen LogP contribution in [0.4, 0.5) is 16.2 Å². The van der Waals surface area contributed by atoms with Crippen molar-refractivity contribution in [3.8, 4) is 11.5 Å². The average Bonchev–Trinajstić information content (AvgIpc) is 3.10. The third-order valence-electron chi connectivity index (χ3n) is 8.80. The number of nitrogens with zero attached hydrogens (tertiary/aromatic N) is 2. The molecule has 3 aromatic carbocycles. The first kappa shape index (κ1) is 38.2. The number of urea groups is 1. The highest BCUT2D eigenvalue weighted by Gasteiger charge is 2.30. The van der Waals surface area contributed by atoms with E-state index in [-0.39, 0.29) is 41.8 Å². The van der Waals surface area contributed by atoms with Gasteiger partial charge in [0.25, 0.3) is 5.91 Å². The van der Waals surface area contributed by atoms with Crippen molar-refractivity contribution < 1.29 is 38.8 Å². The van der Waals surface area contributed by atoms with Crippen molar-refractivity contribution in [2.24, 2.45) is 5.92 Å². The van der Waals surface area contributed by atoms with Crippen LogP contribution in [0.1, 0.15) is 66.3 Å². The molecule has 1 heterocycles. The summed E-state index contributed by atoms with van der Waals surface area (Å²) in [5.41, 5.74) is 2.48. The Balaban J connectivity index is 1.56. The highest BCUT2D eigenvalue weighted by Crippen LogP contribution is 2.29. The Morgan fingerprint density at radius 2 is 1.70 bits per heavy atom. The highest BCUT2D eigenvalue weighted by atomic mass is 16.5. The van der Waals surface area contributed by atoms with Crippen molar-refractivity contribution in [3.05, 3.63) is 83.4 Å². The summed E-state index contributed by atoms with van der Waals surface area (Å²) in [5, 5.41) is 25.1. The summed E-state index contributed by atoms with van der Waals surface area (Å²) < 4.78 is 17.9. The number of carbonyl (C=O) groups is 3. The zero-order chi connectivity index (χ0) is 36.2. The third-order valence-corrected chi connectivity index (χ3v) is 8.80. The number of hydrogen-bond donors (Lipinski definition) is 4. The molecule has 0 radical (unpaired) electrons. The standard InChI is InChI=1S/C38H50N4O8/c1-25-21-42(26(2)24-43)36(44)33-20-31(40-38(47)39-30-13-16-32(48-5)17-14-30)15-18-34(33)50-27(3)8-6-7-19-49-35(25)23-41(4)22-28-9-11-29(12-10-28)37(45)46/h9-18,20,25-27,35,43H,6-8,19,21-24H2,1-5H3,(H,45,46)(H2,39,40,47)/t25-,26+,27-,35-/m1/s1. The van der Waals surface area contributed by atoms with Gasteiger partial charge in [-0.05, 0) is 100 Å². The first-order valence-corrected chi connectivity index (χ1v) is 17.0. The number of aliphatic hydroxyl groups is 1. The number of fused-ring (bicyclic) bond motifs is 1. The average molecular weight is 691 g/mol. The van der Waals surface area contributed by atoms with Crippen molar-refractivity contribution in [2.45, 2.75) is 64.8 Å². The molecule has 0 fully saturated rings. The molecule has 1 aliphatic heterocycles. The van der Waals surface area contributed by atoms with Crippen LogP contribution in [0.15, 0.2) is 66.7 Å². The Morgan fingerprint density at radius 3 is 2.36 bits per heavy atom. The molecule has 50 heavy (non-hydrogen) atoms. The van der Waals surface area contributed by atoms with E-state index < -0.39 is 18.0 Å². The van der Waals surface area contributed by atoms with E-state index in [9.17, 15) is 24.6 Å². The minimum atomic E-state index is -0.964. The fourth-order valence-electron chi connectivity index (χ4n) is 5.87. The molecule has 1 aliphatic rings. The van der Waals surface area contributed by atoms with Crippen molar-refractivity contribution in [3.63, 3.8) is 0 Å². The number of hydrogen-bond acceptors (Lipinski definition) is 8. The lowest BCUT2D eigenvalue weighted by Gasteiger charge is -2.36. The lowest BCUT2D eigenvalue weighted by Crippen LogP contribution is -2.47. The van der Waals surface area contributed by atoms with Crippen molar-refractivity contribution in [2.75, 3.05) is 51.1 Å². The molecule has 0 spiro atoms. The molecule has 0 saturated carbocycles. The van der Waals surface area contributed by atoms with E-state index in [1.807, 2.05) is 33.0 Å². The molecule has 4 N–H and O–H groups in total. The van der Waals surface area contributed by atoms with Crippen molar-refractivity contribution in [1.29, 1.82) is 0 Å². The largest absolute Gasteiger partial charge is 0.497 e. The second-order valence-electron chi connectivity index (χ2n) is 13.0. The van der Waals surface area contributed by atoms with E-state index in [1.54, 1.807) is 73.5 Å². The molecular formula is C38H50N4O8. The zero-order valence-electron chi connectivity index (χ0n) is 29.6. The van der Waals surface area contributed by atoms with Gasteiger partial charge in [-0.25, -0.2) is 9.59 Å². The van der Waals surface area contributed by atoms with Crippen LogP contribution >= 0.6 is 0 Å². The van der Waals surface area contributed by atoms with Crippen LogP contribution in [0, 0.1) is 5.92 Å². The number of likely N-dealkylation sites (N-methyl/N-ethyl adjacent to an activating group) is 1. The number of rotatable bonds is 10. The summed E-state index contributed by atoms with van der Waals surface area (Å²) in [6.07, 6.45) is 2.05. The number of benzene rings is 3. The first-order chi connectivity index (χ1) is 24.0. The van der Waals surface area contributed by atoms with Crippen LogP contribution in [0.25, 0.3) is 0 Å². The van der Waals surface area contributed by atoms with Gasteiger partial charge in [0.2, 0.25) is 0 Å². The van der Waals surface area contributed by atoms with Gasteiger partial charge in [0.05, 0.1) is 43.1 Å². The number of carboxylic acid groups (broad SMARTS) is 1. The number of ether oxygens (including phenoxy) is 3. The molecule has 4 rings (SSSR count). The van der Waals surface area contributed by atoms with Crippen LogP contribution in [0.2, 0.25) is 0 Å². The number of anilines is 2. The summed E-state index contributed by atoms with van der Waals surface area (Å²) in [7, 11) is 3.56. The molecule has 0 saturated heterocycles. The number of carbonyl (C=O) groups excluding carboxylic acids is 2. The lowest BCUT2D eigenvalue weighted by atomic mass is 10.0. The van der Waals surface area contributed by atoms with E-state index >= 15 is 0 Å². The fraction of sp³-hybridized carbons (Fsp3) is 0.447. The Morgan fingerprint density at radius 1 is 1.02 bits per heavy atom. The maximum Gasteiger partial charge on any atom is 0.335 e. The zero-order valence-corrected chi connectivity index (χ0v) is 29.6. The van der Waals surface area contributed by atoms with Gasteiger partial charge in [-0.1, -0.05) is 19.1 Å². The molecule has 0 bridgehead atoms. The predicted octanol–water partition coefficient (Wildman–Crippen LogP) is 5.96. The quantitative estimate of drug-likeness (QED) is 0.202. The Kier molecular flexibility index (Phi) is 14.0. The molecule has 0 unspecified atom stereocenters. The molecule has 12 heteroatoms. The predicted molar refractivity (Wildman–Crippen MR) is 192 cm³/mol. The Hall–Kier alpha value is -4.65. The maximum atomic E-state index is 14.4. The third kappa shape index (κ3) is 10.9. The molecule has 4 atom stereocenters. The van der Waals surface area contributed by atoms with Gasteiger partial charge in [0, 0.05) is 43.5 Å². The first-order valence-electron chi connectivity index (χ1n) is 17.0. The number of amides is 3. The smallest absolute Gasteiger partial charge is 0.335 e. The van der Waals surface area contributed by atoms with Gasteiger partial charge in [0.1, 0.15) is 11.5 Å². The summed E-state index contributed by atoms with van der Waals surface area (Å²) in [6.45, 7) is 7.57. The summed E-state index contributed by atoms with van der Waals surface area (Å²) >= 11 is 0. The second kappa shape index (κ2) is 18.4. The van der Waals surface area contributed by atoms with Gasteiger partial charge < -0.3 is 40.0 Å². The molecule has 3 aromatic rings. The van der Waals surface area contributed by atoms with Gasteiger partial charge in [-0.2, -0.15) is 0 Å². The summed E-state index contributed by atoms with van der Waals surface area (Å²) in [4.78, 5) is 42.3.